The third kappa shape index (κ3) is 2.42. The molecule has 1 aromatic carbocycles. The van der Waals surface area contributed by atoms with Gasteiger partial charge in [0.15, 0.2) is 0 Å². The molecule has 76 valence electrons. The predicted molar refractivity (Wildman–Crippen MR) is 45.8 cm³/mol. The number of benzene rings is 1. The lowest BCUT2D eigenvalue weighted by Gasteiger charge is -2.04. The Labute approximate surface area is 79.4 Å². The van der Waals surface area contributed by atoms with E-state index in [1.807, 2.05) is 0 Å². The molecule has 1 rings (SSSR count). The predicted octanol–water partition coefficient (Wildman–Crippen LogP) is 0.959. The van der Waals surface area contributed by atoms with Gasteiger partial charge in [0, 0.05) is 24.2 Å². The average molecular weight is 201 g/mol. The number of rotatable bonds is 4. The molecule has 0 atom stereocenters. The molecule has 14 heavy (non-hydrogen) atoms. The molecular weight excluding hydrogens is 192 g/mol. The highest BCUT2D eigenvalue weighted by molar-refractivity contribution is 5.45. The highest BCUT2D eigenvalue weighted by Crippen LogP contribution is 2.19. The van der Waals surface area contributed by atoms with Gasteiger partial charge < -0.3 is 10.4 Å². The lowest BCUT2D eigenvalue weighted by Crippen LogP contribution is -2.15. The molecule has 3 nitrogen and oxygen atoms in total. The molecule has 0 saturated carbocycles. The Kier molecular flexibility index (Phi) is 3.39. The number of nitrogens with one attached hydrogen (secondary N) is 1. The number of amides is 1. The van der Waals surface area contributed by atoms with Crippen molar-refractivity contribution in [3.8, 4) is 5.75 Å². The largest absolute Gasteiger partial charge is 0.508 e. The van der Waals surface area contributed by atoms with E-state index in [0.29, 0.717) is 6.41 Å². The van der Waals surface area contributed by atoms with Crippen LogP contribution >= 0.6 is 0 Å². The van der Waals surface area contributed by atoms with Crippen molar-refractivity contribution in [1.29, 1.82) is 0 Å². The number of carbonyl (C=O) groups is 1. The van der Waals surface area contributed by atoms with E-state index in [1.165, 1.54) is 0 Å². The Bertz CT molecular complexity index is 319. The van der Waals surface area contributed by atoms with E-state index in [1.54, 1.807) is 0 Å². The quantitative estimate of drug-likeness (QED) is 0.563. The Morgan fingerprint density at radius 1 is 1.36 bits per heavy atom. The molecule has 2 N–H and O–H groups in total. The van der Waals surface area contributed by atoms with Gasteiger partial charge in [-0.2, -0.15) is 0 Å². The van der Waals surface area contributed by atoms with Gasteiger partial charge in [0.05, 0.1) is 0 Å². The number of halogens is 2. The lowest BCUT2D eigenvalue weighted by atomic mass is 10.1. The molecule has 0 fully saturated rings. The number of phenolic OH excluding ortho intramolecular Hbond substituents is 1. The summed E-state index contributed by atoms with van der Waals surface area (Å²) in [7, 11) is 0. The molecule has 0 aliphatic carbocycles. The first kappa shape index (κ1) is 10.4. The first-order valence-electron chi connectivity index (χ1n) is 3.99. The van der Waals surface area contributed by atoms with Crippen LogP contribution in [-0.4, -0.2) is 18.1 Å². The highest BCUT2D eigenvalue weighted by atomic mass is 19.1. The van der Waals surface area contributed by atoms with Crippen molar-refractivity contribution in [2.75, 3.05) is 6.54 Å². The summed E-state index contributed by atoms with van der Waals surface area (Å²) < 4.78 is 26.0. The molecule has 0 heterocycles. The summed E-state index contributed by atoms with van der Waals surface area (Å²) in [6.45, 7) is 0.155. The molecular formula is C9H9F2NO2. The van der Waals surface area contributed by atoms with E-state index < -0.39 is 17.4 Å². The van der Waals surface area contributed by atoms with Crippen LogP contribution in [0, 0.1) is 11.6 Å². The van der Waals surface area contributed by atoms with E-state index in [-0.39, 0.29) is 18.5 Å². The molecule has 0 aromatic heterocycles. The van der Waals surface area contributed by atoms with Gasteiger partial charge in [0.25, 0.3) is 0 Å². The molecule has 1 aromatic rings. The average Bonchev–Trinajstić information content (AvgIpc) is 2.09. The summed E-state index contributed by atoms with van der Waals surface area (Å²) in [5.41, 5.74) is -0.142. The Morgan fingerprint density at radius 2 is 1.93 bits per heavy atom. The zero-order valence-corrected chi connectivity index (χ0v) is 7.26. The normalized spacial score (nSPS) is 9.86. The van der Waals surface area contributed by atoms with Crippen molar-refractivity contribution in [3.05, 3.63) is 29.3 Å². The van der Waals surface area contributed by atoms with Gasteiger partial charge in [0.1, 0.15) is 17.4 Å². The van der Waals surface area contributed by atoms with Crippen LogP contribution < -0.4 is 5.32 Å². The van der Waals surface area contributed by atoms with Crippen molar-refractivity contribution >= 4 is 6.41 Å². The second kappa shape index (κ2) is 4.55. The Balaban J connectivity index is 2.80. The summed E-state index contributed by atoms with van der Waals surface area (Å²) in [6, 6.07) is 1.67. The van der Waals surface area contributed by atoms with Crippen LogP contribution in [0.4, 0.5) is 8.78 Å². The van der Waals surface area contributed by atoms with Crippen molar-refractivity contribution in [2.45, 2.75) is 6.42 Å². The smallest absolute Gasteiger partial charge is 0.207 e. The van der Waals surface area contributed by atoms with Crippen molar-refractivity contribution in [2.24, 2.45) is 0 Å². The minimum absolute atomic E-state index is 0.0523. The number of hydrogen-bond donors (Lipinski definition) is 2. The van der Waals surface area contributed by atoms with Crippen LogP contribution in [0.3, 0.4) is 0 Å². The second-order valence-electron chi connectivity index (χ2n) is 2.71. The zero-order valence-electron chi connectivity index (χ0n) is 7.26. The van der Waals surface area contributed by atoms with Gasteiger partial charge in [-0.05, 0) is 6.42 Å². The van der Waals surface area contributed by atoms with Crippen molar-refractivity contribution in [3.63, 3.8) is 0 Å². The summed E-state index contributed by atoms with van der Waals surface area (Å²) in [5, 5.41) is 11.1. The van der Waals surface area contributed by atoms with E-state index in [2.05, 4.69) is 5.32 Å². The minimum Gasteiger partial charge on any atom is -0.508 e. The number of aromatic hydroxyl groups is 1. The van der Waals surface area contributed by atoms with Gasteiger partial charge in [-0.25, -0.2) is 8.78 Å². The fraction of sp³-hybridized carbons (Fsp3) is 0.222. The van der Waals surface area contributed by atoms with Crippen LogP contribution in [-0.2, 0) is 11.2 Å². The molecule has 1 amide bonds. The zero-order chi connectivity index (χ0) is 10.6. The number of phenols is 1. The fourth-order valence-corrected chi connectivity index (χ4v) is 1.08. The maximum Gasteiger partial charge on any atom is 0.207 e. The first-order chi connectivity index (χ1) is 6.65. The topological polar surface area (TPSA) is 49.3 Å². The van der Waals surface area contributed by atoms with Crippen LogP contribution in [0.25, 0.3) is 0 Å². The molecule has 0 unspecified atom stereocenters. The second-order valence-corrected chi connectivity index (χ2v) is 2.71. The lowest BCUT2D eigenvalue weighted by molar-refractivity contribution is -0.109. The molecule has 0 aliphatic heterocycles. The number of hydrogen-bond acceptors (Lipinski definition) is 2. The van der Waals surface area contributed by atoms with Crippen LogP contribution in [0.2, 0.25) is 0 Å². The highest BCUT2D eigenvalue weighted by Gasteiger charge is 2.09. The first-order valence-corrected chi connectivity index (χ1v) is 3.99. The van der Waals surface area contributed by atoms with Gasteiger partial charge in [0.2, 0.25) is 6.41 Å². The summed E-state index contributed by atoms with van der Waals surface area (Å²) in [4.78, 5) is 9.88. The van der Waals surface area contributed by atoms with E-state index >= 15 is 0 Å². The molecule has 5 heteroatoms. The maximum atomic E-state index is 13.0. The third-order valence-electron chi connectivity index (χ3n) is 1.73. The fourth-order valence-electron chi connectivity index (χ4n) is 1.08. The van der Waals surface area contributed by atoms with E-state index in [0.717, 1.165) is 12.1 Å². The van der Waals surface area contributed by atoms with Gasteiger partial charge in [-0.15, -0.1) is 0 Å². The summed E-state index contributed by atoms with van der Waals surface area (Å²) >= 11 is 0. The summed E-state index contributed by atoms with van der Waals surface area (Å²) in [6.07, 6.45) is 0.507. The van der Waals surface area contributed by atoms with Crippen LogP contribution in [0.15, 0.2) is 12.1 Å². The van der Waals surface area contributed by atoms with E-state index in [4.69, 9.17) is 5.11 Å². The third-order valence-corrected chi connectivity index (χ3v) is 1.73. The van der Waals surface area contributed by atoms with Gasteiger partial charge in [-0.3, -0.25) is 4.79 Å². The SMILES string of the molecule is O=CNCCc1c(F)cc(O)cc1F. The van der Waals surface area contributed by atoms with Gasteiger partial charge >= 0.3 is 0 Å². The maximum absolute atomic E-state index is 13.0. The molecule has 0 bridgehead atoms. The summed E-state index contributed by atoms with van der Waals surface area (Å²) in [5.74, 6) is -2.07. The standard InChI is InChI=1S/C9H9F2NO2/c10-8-3-6(14)4-9(11)7(8)1-2-12-5-13/h3-5,14H,1-2H2,(H,12,13). The van der Waals surface area contributed by atoms with Crippen LogP contribution in [0.5, 0.6) is 5.75 Å². The van der Waals surface area contributed by atoms with Crippen molar-refractivity contribution in [1.82, 2.24) is 5.32 Å². The number of carbonyl (C=O) groups excluding carboxylic acids is 1. The van der Waals surface area contributed by atoms with Gasteiger partial charge in [-0.1, -0.05) is 0 Å². The van der Waals surface area contributed by atoms with Crippen molar-refractivity contribution < 1.29 is 18.7 Å². The molecule has 0 saturated heterocycles. The minimum atomic E-state index is -0.810. The molecule has 0 radical (unpaired) electrons. The monoisotopic (exact) mass is 201 g/mol. The van der Waals surface area contributed by atoms with Crippen LogP contribution in [0.1, 0.15) is 5.56 Å². The molecule has 0 spiro atoms. The Hall–Kier alpha value is -1.65. The molecule has 0 aliphatic rings. The van der Waals surface area contributed by atoms with E-state index in [9.17, 15) is 13.6 Å². The Morgan fingerprint density at radius 3 is 2.43 bits per heavy atom.